The van der Waals surface area contributed by atoms with Crippen LogP contribution in [0.15, 0.2) is 0 Å². The van der Waals surface area contributed by atoms with Gasteiger partial charge in [-0.3, -0.25) is 0 Å². The molecule has 1 aliphatic rings. The zero-order chi connectivity index (χ0) is 8.32. The van der Waals surface area contributed by atoms with Crippen molar-refractivity contribution in [3.63, 3.8) is 0 Å². The van der Waals surface area contributed by atoms with Crippen molar-refractivity contribution < 1.29 is 18.6 Å². The second kappa shape index (κ2) is 5.34. The van der Waals surface area contributed by atoms with Crippen molar-refractivity contribution >= 4 is 0 Å². The number of hydrogen-bond donors (Lipinski definition) is 0. The molecule has 0 unspecified atom stereocenters. The largest absolute Gasteiger partial charge is 2.00 e. The zero-order valence-corrected chi connectivity index (χ0v) is 9.58. The summed E-state index contributed by atoms with van der Waals surface area (Å²) < 4.78 is 0. The molecule has 0 atom stereocenters. The molecule has 1 aliphatic carbocycles. The first-order valence-electron chi connectivity index (χ1n) is 4.85. The van der Waals surface area contributed by atoms with Gasteiger partial charge in [-0.15, -0.1) is 0 Å². The fraction of sp³-hybridized carbons (Fsp3) is 0.818. The van der Waals surface area contributed by atoms with E-state index in [9.17, 15) is 0 Å². The molecule has 0 nitrogen and oxygen atoms in total. The van der Waals surface area contributed by atoms with Crippen LogP contribution >= 0.6 is 0 Å². The van der Waals surface area contributed by atoms with E-state index in [1.807, 2.05) is 0 Å². The summed E-state index contributed by atoms with van der Waals surface area (Å²) in [5.74, 6) is 0.983. The topological polar surface area (TPSA) is 0 Å². The first kappa shape index (κ1) is 12.6. The van der Waals surface area contributed by atoms with E-state index in [4.69, 9.17) is 0 Å². The van der Waals surface area contributed by atoms with Crippen LogP contribution in [-0.4, -0.2) is 0 Å². The second-order valence-corrected chi connectivity index (χ2v) is 4.10. The predicted molar refractivity (Wildman–Crippen MR) is 50.0 cm³/mol. The van der Waals surface area contributed by atoms with Gasteiger partial charge in [0.2, 0.25) is 0 Å². The molecule has 0 heterocycles. The fourth-order valence-corrected chi connectivity index (χ4v) is 1.95. The van der Waals surface area contributed by atoms with Crippen molar-refractivity contribution in [2.75, 3.05) is 0 Å². The SMILES string of the molecule is [CH2-]CC1([CH2-])CCC(CC)CC1.[V+2]. The maximum absolute atomic E-state index is 4.25. The average molecular weight is 203 g/mol. The van der Waals surface area contributed by atoms with E-state index in [0.717, 1.165) is 12.3 Å². The molecule has 0 bridgehead atoms. The number of hydrogen-bond acceptors (Lipinski definition) is 0. The van der Waals surface area contributed by atoms with Gasteiger partial charge in [0.05, 0.1) is 0 Å². The van der Waals surface area contributed by atoms with Crippen LogP contribution in [-0.2, 0) is 18.6 Å². The summed E-state index contributed by atoms with van der Waals surface area (Å²) in [7, 11) is 0. The third kappa shape index (κ3) is 3.14. The van der Waals surface area contributed by atoms with Crippen LogP contribution in [0.2, 0.25) is 0 Å². The Kier molecular flexibility index (Phi) is 5.60. The van der Waals surface area contributed by atoms with Crippen molar-refractivity contribution in [2.45, 2.75) is 45.4 Å². The Labute approximate surface area is 89.4 Å². The van der Waals surface area contributed by atoms with E-state index in [1.165, 1.54) is 32.1 Å². The van der Waals surface area contributed by atoms with Crippen LogP contribution in [0.3, 0.4) is 0 Å². The molecule has 0 spiro atoms. The Balaban J connectivity index is 0.00000121. The van der Waals surface area contributed by atoms with Gasteiger partial charge >= 0.3 is 18.6 Å². The van der Waals surface area contributed by atoms with E-state index < -0.39 is 0 Å². The third-order valence-electron chi connectivity index (χ3n) is 3.27. The Bertz CT molecular complexity index is 112. The van der Waals surface area contributed by atoms with Gasteiger partial charge in [0.1, 0.15) is 0 Å². The Morgan fingerprint density at radius 3 is 2.17 bits per heavy atom. The Morgan fingerprint density at radius 2 is 1.83 bits per heavy atom. The summed E-state index contributed by atoms with van der Waals surface area (Å²) in [6, 6.07) is 0. The molecular weight excluding hydrogens is 183 g/mol. The van der Waals surface area contributed by atoms with Crippen molar-refractivity contribution in [1.82, 2.24) is 0 Å². The molecule has 0 amide bonds. The van der Waals surface area contributed by atoms with E-state index in [1.54, 1.807) is 0 Å². The molecule has 0 aromatic carbocycles. The van der Waals surface area contributed by atoms with Crippen molar-refractivity contribution in [2.24, 2.45) is 11.3 Å². The van der Waals surface area contributed by atoms with E-state index in [0.29, 0.717) is 5.41 Å². The Hall–Kier alpha value is 0.584. The third-order valence-corrected chi connectivity index (χ3v) is 3.27. The van der Waals surface area contributed by atoms with Crippen LogP contribution < -0.4 is 0 Å². The molecule has 0 aromatic rings. The molecule has 0 aliphatic heterocycles. The van der Waals surface area contributed by atoms with Crippen LogP contribution in [0.25, 0.3) is 0 Å². The van der Waals surface area contributed by atoms with E-state index in [2.05, 4.69) is 20.8 Å². The van der Waals surface area contributed by atoms with Gasteiger partial charge in [0.15, 0.2) is 0 Å². The molecule has 1 radical (unpaired) electrons. The normalized spacial score (nSPS) is 35.8. The molecule has 0 N–H and O–H groups in total. The molecule has 1 saturated carbocycles. The van der Waals surface area contributed by atoms with Crippen molar-refractivity contribution in [1.29, 1.82) is 0 Å². The molecule has 1 rings (SSSR count). The minimum absolute atomic E-state index is 0. The van der Waals surface area contributed by atoms with Crippen LogP contribution in [0.1, 0.15) is 45.4 Å². The summed E-state index contributed by atoms with van der Waals surface area (Å²) in [5, 5.41) is 0. The molecular formula is C11H20V. The van der Waals surface area contributed by atoms with Gasteiger partial charge < -0.3 is 13.8 Å². The molecule has 12 heavy (non-hydrogen) atoms. The maximum atomic E-state index is 4.25. The van der Waals surface area contributed by atoms with Crippen LogP contribution in [0.5, 0.6) is 0 Å². The molecule has 0 aromatic heterocycles. The predicted octanol–water partition coefficient (Wildman–Crippen LogP) is 3.63. The second-order valence-electron chi connectivity index (χ2n) is 4.10. The smallest absolute Gasteiger partial charge is 0.345 e. The fourth-order valence-electron chi connectivity index (χ4n) is 1.95. The molecule has 69 valence electrons. The van der Waals surface area contributed by atoms with E-state index >= 15 is 0 Å². The summed E-state index contributed by atoms with van der Waals surface area (Å²) in [5.41, 5.74) is 0.339. The van der Waals surface area contributed by atoms with E-state index in [-0.39, 0.29) is 18.6 Å². The summed E-state index contributed by atoms with van der Waals surface area (Å²) >= 11 is 0. The first-order chi connectivity index (χ1) is 5.20. The quantitative estimate of drug-likeness (QED) is 0.601. The summed E-state index contributed by atoms with van der Waals surface area (Å²) in [6.45, 7) is 10.5. The molecule has 1 fully saturated rings. The van der Waals surface area contributed by atoms with Gasteiger partial charge in [0.25, 0.3) is 0 Å². The van der Waals surface area contributed by atoms with Gasteiger partial charge in [-0.1, -0.05) is 39.0 Å². The maximum Gasteiger partial charge on any atom is 2.00 e. The Morgan fingerprint density at radius 1 is 1.33 bits per heavy atom. The number of rotatable bonds is 2. The standard InChI is InChI=1S/C11H20.V/c1-4-10-6-8-11(3,5-2)9-7-10;/h10H,2-9H2,1H3;/q-2;+2. The van der Waals surface area contributed by atoms with Crippen LogP contribution in [0.4, 0.5) is 0 Å². The van der Waals surface area contributed by atoms with Gasteiger partial charge in [-0.05, 0) is 5.92 Å². The molecule has 0 saturated heterocycles. The van der Waals surface area contributed by atoms with Crippen molar-refractivity contribution in [3.05, 3.63) is 13.8 Å². The molecule has 1 heteroatoms. The minimum Gasteiger partial charge on any atom is -0.345 e. The van der Waals surface area contributed by atoms with Crippen LogP contribution in [0, 0.1) is 25.2 Å². The summed E-state index contributed by atoms with van der Waals surface area (Å²) in [4.78, 5) is 0. The monoisotopic (exact) mass is 203 g/mol. The first-order valence-corrected chi connectivity index (χ1v) is 4.85. The van der Waals surface area contributed by atoms with Crippen molar-refractivity contribution in [3.8, 4) is 0 Å². The van der Waals surface area contributed by atoms with Gasteiger partial charge in [-0.2, -0.15) is 5.41 Å². The zero-order valence-electron chi connectivity index (χ0n) is 8.18. The summed E-state index contributed by atoms with van der Waals surface area (Å²) in [6.07, 6.45) is 7.74. The van der Waals surface area contributed by atoms with Gasteiger partial charge in [0, 0.05) is 0 Å². The minimum atomic E-state index is 0. The van der Waals surface area contributed by atoms with Gasteiger partial charge in [-0.25, -0.2) is 6.42 Å². The average Bonchev–Trinajstić information content (AvgIpc) is 2.06.